The third-order valence-corrected chi connectivity index (χ3v) is 9.36. The molecule has 9 rings (SSSR count). The number of fused-ring (bicyclic) bond motifs is 11. The summed E-state index contributed by atoms with van der Waals surface area (Å²) < 4.78 is 2.49. The first-order valence-electron chi connectivity index (χ1n) is 14.1. The Morgan fingerprint density at radius 3 is 1.68 bits per heavy atom. The van der Waals surface area contributed by atoms with Gasteiger partial charge in [0.1, 0.15) is 0 Å². The quantitative estimate of drug-likeness (QED) is 0.194. The minimum absolute atomic E-state index is 0.0501. The van der Waals surface area contributed by atoms with Gasteiger partial charge in [-0.3, -0.25) is 0 Å². The number of benzene rings is 7. The molecule has 8 aromatic rings. The Bertz CT molecular complexity index is 2310. The van der Waals surface area contributed by atoms with Crippen molar-refractivity contribution in [3.05, 3.63) is 139 Å². The van der Waals surface area contributed by atoms with Crippen molar-refractivity contribution in [1.29, 1.82) is 0 Å². The minimum Gasteiger partial charge on any atom is -0.309 e. The van der Waals surface area contributed by atoms with Gasteiger partial charge in [-0.15, -0.1) is 0 Å². The summed E-state index contributed by atoms with van der Waals surface area (Å²) in [6.07, 6.45) is 0. The summed E-state index contributed by atoms with van der Waals surface area (Å²) in [5.74, 6) is 0. The van der Waals surface area contributed by atoms with E-state index in [0.717, 1.165) is 0 Å². The Hall–Kier alpha value is -4.88. The maximum atomic E-state index is 2.49. The molecule has 2 heterocycles. The lowest BCUT2D eigenvalue weighted by Gasteiger charge is -2.34. The molecule has 1 aromatic heterocycles. The van der Waals surface area contributed by atoms with Crippen LogP contribution >= 0.6 is 0 Å². The fourth-order valence-corrected chi connectivity index (χ4v) is 7.43. The normalized spacial score (nSPS) is 13.9. The van der Waals surface area contributed by atoms with Crippen molar-refractivity contribution in [2.45, 2.75) is 19.3 Å². The minimum atomic E-state index is -0.0501. The van der Waals surface area contributed by atoms with Crippen LogP contribution in [0.3, 0.4) is 0 Å². The number of hydrogen-bond donors (Lipinski definition) is 0. The maximum absolute atomic E-state index is 2.49. The van der Waals surface area contributed by atoms with Crippen molar-refractivity contribution in [3.63, 3.8) is 0 Å². The van der Waals surface area contributed by atoms with Crippen LogP contribution in [-0.2, 0) is 5.41 Å². The Kier molecular flexibility index (Phi) is 4.18. The predicted octanol–water partition coefficient (Wildman–Crippen LogP) is 10.5. The van der Waals surface area contributed by atoms with Gasteiger partial charge in [-0.1, -0.05) is 117 Å². The van der Waals surface area contributed by atoms with Crippen molar-refractivity contribution >= 4 is 54.1 Å². The number of hydrogen-bond acceptors (Lipinski definition) is 0. The molecule has 0 fully saturated rings. The van der Waals surface area contributed by atoms with Gasteiger partial charge in [-0.05, 0) is 78.8 Å². The van der Waals surface area contributed by atoms with E-state index in [4.69, 9.17) is 0 Å². The van der Waals surface area contributed by atoms with Crippen LogP contribution in [-0.4, -0.2) is 4.57 Å². The van der Waals surface area contributed by atoms with Gasteiger partial charge in [0.15, 0.2) is 0 Å². The first kappa shape index (κ1) is 22.0. The molecule has 1 aliphatic rings. The average molecular weight is 510 g/mol. The molecule has 0 saturated heterocycles. The molecule has 0 amide bonds. The highest BCUT2D eigenvalue weighted by atomic mass is 15.0. The van der Waals surface area contributed by atoms with E-state index in [0.29, 0.717) is 0 Å². The Labute approximate surface area is 232 Å². The molecule has 0 saturated carbocycles. The predicted molar refractivity (Wildman–Crippen MR) is 171 cm³/mol. The first-order valence-corrected chi connectivity index (χ1v) is 14.1. The van der Waals surface area contributed by atoms with Crippen LogP contribution in [0.5, 0.6) is 0 Å². The molecule has 0 unspecified atom stereocenters. The monoisotopic (exact) mass is 509 g/mol. The second-order valence-electron chi connectivity index (χ2n) is 11.8. The van der Waals surface area contributed by atoms with Crippen molar-refractivity contribution in [1.82, 2.24) is 4.57 Å². The summed E-state index contributed by atoms with van der Waals surface area (Å²) in [5, 5.41) is 10.5. The third kappa shape index (κ3) is 2.72. The number of nitrogens with zero attached hydrogens (tertiary/aromatic N) is 1. The summed E-state index contributed by atoms with van der Waals surface area (Å²) >= 11 is 0. The van der Waals surface area contributed by atoms with E-state index >= 15 is 0 Å². The highest BCUT2D eigenvalue weighted by Crippen LogP contribution is 2.48. The van der Waals surface area contributed by atoms with Crippen molar-refractivity contribution < 1.29 is 0 Å². The Morgan fingerprint density at radius 1 is 0.425 bits per heavy atom. The average Bonchev–Trinajstić information content (AvgIpc) is 3.34. The lowest BCUT2D eigenvalue weighted by Crippen LogP contribution is -2.26. The third-order valence-electron chi connectivity index (χ3n) is 9.36. The molecule has 1 aliphatic heterocycles. The zero-order valence-electron chi connectivity index (χ0n) is 22.6. The van der Waals surface area contributed by atoms with Gasteiger partial charge in [0, 0.05) is 16.2 Å². The molecule has 1 heteroatoms. The zero-order chi connectivity index (χ0) is 26.6. The second kappa shape index (κ2) is 7.61. The molecule has 0 atom stereocenters. The summed E-state index contributed by atoms with van der Waals surface area (Å²) in [5.41, 5.74) is 9.13. The molecule has 7 aromatic carbocycles. The van der Waals surface area contributed by atoms with Crippen LogP contribution in [0, 0.1) is 0 Å². The van der Waals surface area contributed by atoms with Crippen LogP contribution in [0.15, 0.2) is 127 Å². The van der Waals surface area contributed by atoms with Crippen LogP contribution in [0.25, 0.3) is 70.9 Å². The second-order valence-corrected chi connectivity index (χ2v) is 11.8. The summed E-state index contributed by atoms with van der Waals surface area (Å²) in [6.45, 7) is 4.71. The Morgan fingerprint density at radius 2 is 0.950 bits per heavy atom. The summed E-state index contributed by atoms with van der Waals surface area (Å²) in [7, 11) is 0. The molecular formula is C39H27N. The first-order chi connectivity index (χ1) is 19.6. The number of aromatic nitrogens is 1. The smallest absolute Gasteiger partial charge is 0.0582 e. The topological polar surface area (TPSA) is 4.93 Å². The van der Waals surface area contributed by atoms with Crippen molar-refractivity contribution in [2.24, 2.45) is 0 Å². The molecule has 1 nitrogen and oxygen atoms in total. The summed E-state index contributed by atoms with van der Waals surface area (Å²) in [4.78, 5) is 0. The van der Waals surface area contributed by atoms with Gasteiger partial charge in [-0.25, -0.2) is 0 Å². The van der Waals surface area contributed by atoms with Crippen LogP contribution < -0.4 is 0 Å². The van der Waals surface area contributed by atoms with Crippen molar-refractivity contribution in [3.8, 4) is 16.8 Å². The van der Waals surface area contributed by atoms with Gasteiger partial charge in [0.2, 0.25) is 0 Å². The number of para-hydroxylation sites is 2. The zero-order valence-corrected chi connectivity index (χ0v) is 22.6. The van der Waals surface area contributed by atoms with Gasteiger partial charge >= 0.3 is 0 Å². The fraction of sp³-hybridized carbons (Fsp3) is 0.0769. The Balaban J connectivity index is 1.34. The standard InChI is InChI=1S/C39H27N/c1-39(2)34-15-7-8-17-37(34)40-36-21-19-25(23-33(36)31-14-9-16-35(39)38(31)40)24-18-20-30-28-12-4-3-10-26(28)27-11-5-6-13-29(27)32(30)22-24/h3-23H,1-2H3. The van der Waals surface area contributed by atoms with Gasteiger partial charge in [0.05, 0.1) is 16.7 Å². The largest absolute Gasteiger partial charge is 0.309 e. The SMILES string of the molecule is CC1(C)c2ccccc2-n2c3ccc(-c4ccc5c6ccccc6c6ccccc6c5c4)cc3c3cccc1c32. The highest BCUT2D eigenvalue weighted by molar-refractivity contribution is 6.25. The maximum Gasteiger partial charge on any atom is 0.0582 e. The van der Waals surface area contributed by atoms with E-state index in [1.807, 2.05) is 0 Å². The molecule has 188 valence electrons. The van der Waals surface area contributed by atoms with Crippen LogP contribution in [0.1, 0.15) is 25.0 Å². The van der Waals surface area contributed by atoms with E-state index in [9.17, 15) is 0 Å². The lowest BCUT2D eigenvalue weighted by atomic mass is 9.75. The van der Waals surface area contributed by atoms with E-state index in [1.165, 1.54) is 82.1 Å². The molecular weight excluding hydrogens is 482 g/mol. The fourth-order valence-electron chi connectivity index (χ4n) is 7.43. The molecule has 0 bridgehead atoms. The summed E-state index contributed by atoms with van der Waals surface area (Å²) in [6, 6.07) is 47.4. The molecule has 0 radical (unpaired) electrons. The van der Waals surface area contributed by atoms with E-state index in [-0.39, 0.29) is 5.41 Å². The van der Waals surface area contributed by atoms with Gasteiger partial charge in [0.25, 0.3) is 0 Å². The molecule has 0 spiro atoms. The van der Waals surface area contributed by atoms with Gasteiger partial charge < -0.3 is 4.57 Å². The van der Waals surface area contributed by atoms with Gasteiger partial charge in [-0.2, -0.15) is 0 Å². The molecule has 0 N–H and O–H groups in total. The highest BCUT2D eigenvalue weighted by Gasteiger charge is 2.34. The lowest BCUT2D eigenvalue weighted by molar-refractivity contribution is 0.630. The molecule has 0 aliphatic carbocycles. The molecule has 40 heavy (non-hydrogen) atoms. The van der Waals surface area contributed by atoms with Crippen LogP contribution in [0.4, 0.5) is 0 Å². The van der Waals surface area contributed by atoms with E-state index < -0.39 is 0 Å². The van der Waals surface area contributed by atoms with E-state index in [2.05, 4.69) is 146 Å². The number of rotatable bonds is 1. The van der Waals surface area contributed by atoms with Crippen molar-refractivity contribution in [2.75, 3.05) is 0 Å². The van der Waals surface area contributed by atoms with E-state index in [1.54, 1.807) is 0 Å². The van der Waals surface area contributed by atoms with Crippen LogP contribution in [0.2, 0.25) is 0 Å².